The van der Waals surface area contributed by atoms with Crippen LogP contribution in [-0.2, 0) is 4.79 Å². The minimum Gasteiger partial charge on any atom is -0.347 e. The van der Waals surface area contributed by atoms with Gasteiger partial charge in [0.25, 0.3) is 0 Å². The second-order valence-electron chi connectivity index (χ2n) is 5.18. The van der Waals surface area contributed by atoms with Gasteiger partial charge in [-0.3, -0.25) is 9.78 Å². The summed E-state index contributed by atoms with van der Waals surface area (Å²) >= 11 is 0. The summed E-state index contributed by atoms with van der Waals surface area (Å²) in [4.78, 5) is 16.2. The van der Waals surface area contributed by atoms with Crippen molar-refractivity contribution in [2.24, 2.45) is 11.7 Å². The van der Waals surface area contributed by atoms with E-state index in [2.05, 4.69) is 24.1 Å². The van der Waals surface area contributed by atoms with Crippen LogP contribution in [0.2, 0.25) is 0 Å². The van der Waals surface area contributed by atoms with Crippen LogP contribution in [0.1, 0.15) is 44.5 Å². The summed E-state index contributed by atoms with van der Waals surface area (Å²) in [6.45, 7) is 7.99. The molecule has 4 nitrogen and oxygen atoms in total. The first kappa shape index (κ1) is 21.5. The maximum absolute atomic E-state index is 11.8. The molecule has 0 spiro atoms. The summed E-state index contributed by atoms with van der Waals surface area (Å²) in [5, 5.41) is 3.02. The van der Waals surface area contributed by atoms with Crippen molar-refractivity contribution in [3.05, 3.63) is 29.6 Å². The van der Waals surface area contributed by atoms with Crippen molar-refractivity contribution in [1.82, 2.24) is 10.3 Å². The fourth-order valence-corrected chi connectivity index (χ4v) is 1.90. The number of hydrogen-bond donors (Lipinski definition) is 2. The molecule has 1 aromatic rings. The first-order valence-electron chi connectivity index (χ1n) is 6.38. The molecule has 1 aromatic heterocycles. The molecule has 2 unspecified atom stereocenters. The Morgan fingerprint density at radius 2 is 1.95 bits per heavy atom. The predicted molar refractivity (Wildman–Crippen MR) is 87.5 cm³/mol. The average molecular weight is 322 g/mol. The number of carbonyl (C=O) groups is 1. The van der Waals surface area contributed by atoms with E-state index in [1.807, 2.05) is 26.0 Å². The molecule has 2 atom stereocenters. The van der Waals surface area contributed by atoms with Crippen LogP contribution in [-0.4, -0.2) is 16.9 Å². The third-order valence-electron chi connectivity index (χ3n) is 2.84. The van der Waals surface area contributed by atoms with E-state index < -0.39 is 0 Å². The van der Waals surface area contributed by atoms with Crippen LogP contribution in [0.25, 0.3) is 0 Å². The Bertz CT molecular complexity index is 411. The molecule has 0 aliphatic rings. The van der Waals surface area contributed by atoms with E-state index in [1.165, 1.54) is 0 Å². The highest BCUT2D eigenvalue weighted by molar-refractivity contribution is 5.85. The van der Waals surface area contributed by atoms with Crippen LogP contribution < -0.4 is 11.1 Å². The number of hydrogen-bond acceptors (Lipinski definition) is 3. The molecular weight excluding hydrogens is 297 g/mol. The number of nitrogens with one attached hydrogen (secondary N) is 1. The van der Waals surface area contributed by atoms with Gasteiger partial charge in [0.1, 0.15) is 0 Å². The van der Waals surface area contributed by atoms with Crippen LogP contribution >= 0.6 is 24.8 Å². The van der Waals surface area contributed by atoms with E-state index in [4.69, 9.17) is 5.73 Å². The first-order chi connectivity index (χ1) is 8.41. The Morgan fingerprint density at radius 3 is 2.40 bits per heavy atom. The van der Waals surface area contributed by atoms with Crippen molar-refractivity contribution in [3.63, 3.8) is 0 Å². The van der Waals surface area contributed by atoms with Crippen molar-refractivity contribution >= 4 is 30.7 Å². The zero-order valence-corrected chi connectivity index (χ0v) is 14.1. The van der Waals surface area contributed by atoms with Crippen LogP contribution in [0.5, 0.6) is 0 Å². The van der Waals surface area contributed by atoms with Crippen molar-refractivity contribution in [3.8, 4) is 0 Å². The summed E-state index contributed by atoms with van der Waals surface area (Å²) in [6, 6.07) is 3.73. The minimum absolute atomic E-state index is 0. The Kier molecular flexibility index (Phi) is 10.7. The Balaban J connectivity index is 0. The molecule has 6 heteroatoms. The Morgan fingerprint density at radius 1 is 1.35 bits per heavy atom. The molecule has 1 rings (SSSR count). The number of amides is 1. The van der Waals surface area contributed by atoms with Gasteiger partial charge in [-0.2, -0.15) is 0 Å². The number of nitrogens with two attached hydrogens (primary N) is 1. The summed E-state index contributed by atoms with van der Waals surface area (Å²) in [5.74, 6) is 0.268. The van der Waals surface area contributed by atoms with Gasteiger partial charge in [-0.05, 0) is 31.4 Å². The Labute approximate surface area is 133 Å². The van der Waals surface area contributed by atoms with E-state index in [0.717, 1.165) is 11.3 Å². The number of rotatable bonds is 5. The quantitative estimate of drug-likeness (QED) is 0.876. The normalized spacial score (nSPS) is 12.9. The highest BCUT2D eigenvalue weighted by atomic mass is 35.5. The van der Waals surface area contributed by atoms with Crippen LogP contribution in [0.15, 0.2) is 18.3 Å². The van der Waals surface area contributed by atoms with Crippen molar-refractivity contribution in [1.29, 1.82) is 0 Å². The Hall–Kier alpha value is -0.840. The topological polar surface area (TPSA) is 68.0 Å². The fourth-order valence-electron chi connectivity index (χ4n) is 1.90. The first-order valence-corrected chi connectivity index (χ1v) is 6.38. The summed E-state index contributed by atoms with van der Waals surface area (Å²) in [6.07, 6.45) is 2.10. The fraction of sp³-hybridized carbons (Fsp3) is 0.571. The molecule has 0 radical (unpaired) electrons. The molecule has 0 aliphatic heterocycles. The third-order valence-corrected chi connectivity index (χ3v) is 2.84. The van der Waals surface area contributed by atoms with E-state index in [1.54, 1.807) is 6.20 Å². The third kappa shape index (κ3) is 6.55. The van der Waals surface area contributed by atoms with Crippen molar-refractivity contribution in [2.75, 3.05) is 0 Å². The second-order valence-corrected chi connectivity index (χ2v) is 5.18. The number of nitrogens with zero attached hydrogens (tertiary/aromatic N) is 1. The van der Waals surface area contributed by atoms with E-state index >= 15 is 0 Å². The zero-order chi connectivity index (χ0) is 13.7. The number of carbonyl (C=O) groups excluding carboxylic acids is 1. The largest absolute Gasteiger partial charge is 0.347 e. The molecule has 0 saturated carbocycles. The molecule has 0 aliphatic carbocycles. The van der Waals surface area contributed by atoms with Gasteiger partial charge in [0.05, 0.1) is 11.7 Å². The summed E-state index contributed by atoms with van der Waals surface area (Å²) in [5.41, 5.74) is 7.67. The maximum Gasteiger partial charge on any atom is 0.222 e. The minimum atomic E-state index is -0.123. The molecule has 0 aromatic carbocycles. The van der Waals surface area contributed by atoms with Crippen molar-refractivity contribution < 1.29 is 4.79 Å². The van der Waals surface area contributed by atoms with Gasteiger partial charge >= 0.3 is 0 Å². The van der Waals surface area contributed by atoms with Crippen LogP contribution in [0, 0.1) is 12.8 Å². The molecular formula is C14H25Cl2N3O. The van der Waals surface area contributed by atoms with Crippen LogP contribution in [0.3, 0.4) is 0 Å². The SMILES string of the molecule is Cc1cccnc1C(NC(=O)CC(C)N)C(C)C.Cl.Cl. The molecule has 116 valence electrons. The van der Waals surface area contributed by atoms with Gasteiger partial charge in [-0.15, -0.1) is 24.8 Å². The highest BCUT2D eigenvalue weighted by Gasteiger charge is 2.21. The van der Waals surface area contributed by atoms with Gasteiger partial charge in [0, 0.05) is 18.7 Å². The predicted octanol–water partition coefficient (Wildman–Crippen LogP) is 2.78. The standard InChI is InChI=1S/C14H23N3O.2ClH/c1-9(2)13(17-12(18)8-11(4)15)14-10(3)6-5-7-16-14;;/h5-7,9,11,13H,8,15H2,1-4H3,(H,17,18);2*1H. The lowest BCUT2D eigenvalue weighted by molar-refractivity contribution is -0.122. The van der Waals surface area contributed by atoms with E-state index in [9.17, 15) is 4.79 Å². The number of aryl methyl sites for hydroxylation is 1. The number of halogens is 2. The lowest BCUT2D eigenvalue weighted by Crippen LogP contribution is -2.35. The van der Waals surface area contributed by atoms with Gasteiger partial charge in [-0.25, -0.2) is 0 Å². The number of pyridine rings is 1. The van der Waals surface area contributed by atoms with Crippen molar-refractivity contribution in [2.45, 2.75) is 46.2 Å². The highest BCUT2D eigenvalue weighted by Crippen LogP contribution is 2.22. The molecule has 1 heterocycles. The summed E-state index contributed by atoms with van der Waals surface area (Å²) < 4.78 is 0. The number of aromatic nitrogens is 1. The van der Waals surface area contributed by atoms with Gasteiger partial charge in [-0.1, -0.05) is 19.9 Å². The lowest BCUT2D eigenvalue weighted by atomic mass is 9.97. The monoisotopic (exact) mass is 321 g/mol. The molecule has 0 bridgehead atoms. The maximum atomic E-state index is 11.8. The van der Waals surface area contributed by atoms with Gasteiger partial charge in [0.15, 0.2) is 0 Å². The summed E-state index contributed by atoms with van der Waals surface area (Å²) in [7, 11) is 0. The molecule has 0 fully saturated rings. The molecule has 20 heavy (non-hydrogen) atoms. The van der Waals surface area contributed by atoms with E-state index in [-0.39, 0.29) is 48.7 Å². The molecule has 0 saturated heterocycles. The molecule has 3 N–H and O–H groups in total. The second kappa shape index (κ2) is 9.97. The van der Waals surface area contributed by atoms with Gasteiger partial charge < -0.3 is 11.1 Å². The van der Waals surface area contributed by atoms with E-state index in [0.29, 0.717) is 6.42 Å². The van der Waals surface area contributed by atoms with Gasteiger partial charge in [0.2, 0.25) is 5.91 Å². The zero-order valence-electron chi connectivity index (χ0n) is 12.4. The van der Waals surface area contributed by atoms with Crippen LogP contribution in [0.4, 0.5) is 0 Å². The smallest absolute Gasteiger partial charge is 0.222 e. The average Bonchev–Trinajstić information content (AvgIpc) is 2.25. The molecule has 1 amide bonds. The lowest BCUT2D eigenvalue weighted by Gasteiger charge is -2.23.